The highest BCUT2D eigenvalue weighted by Crippen LogP contribution is 2.05. The molecule has 0 unspecified atom stereocenters. The SMILES string of the molecule is CC(C)(C)NC(=O)NC(=O)CN1CC[C@@H](N)C1. The molecule has 0 saturated carbocycles. The highest BCUT2D eigenvalue weighted by Gasteiger charge is 2.22. The molecule has 1 saturated heterocycles. The van der Waals surface area contributed by atoms with Gasteiger partial charge in [0.2, 0.25) is 5.91 Å². The Labute approximate surface area is 102 Å². The second kappa shape index (κ2) is 5.46. The van der Waals surface area contributed by atoms with Gasteiger partial charge in [-0.25, -0.2) is 4.79 Å². The van der Waals surface area contributed by atoms with Gasteiger partial charge in [-0.15, -0.1) is 0 Å². The molecule has 6 heteroatoms. The molecular weight excluding hydrogens is 220 g/mol. The van der Waals surface area contributed by atoms with Crippen LogP contribution in [-0.2, 0) is 4.79 Å². The summed E-state index contributed by atoms with van der Waals surface area (Å²) in [6.07, 6.45) is 0.904. The van der Waals surface area contributed by atoms with Crippen molar-refractivity contribution in [2.45, 2.75) is 38.8 Å². The number of imide groups is 1. The van der Waals surface area contributed by atoms with Crippen molar-refractivity contribution < 1.29 is 9.59 Å². The molecule has 17 heavy (non-hydrogen) atoms. The van der Waals surface area contributed by atoms with E-state index in [0.717, 1.165) is 13.0 Å². The number of urea groups is 1. The zero-order valence-electron chi connectivity index (χ0n) is 10.7. The molecule has 1 rings (SSSR count). The third-order valence-corrected chi connectivity index (χ3v) is 2.42. The number of nitrogens with one attached hydrogen (secondary N) is 2. The largest absolute Gasteiger partial charge is 0.333 e. The maximum atomic E-state index is 11.5. The Hall–Kier alpha value is -1.14. The summed E-state index contributed by atoms with van der Waals surface area (Å²) >= 11 is 0. The summed E-state index contributed by atoms with van der Waals surface area (Å²) < 4.78 is 0. The number of hydrogen-bond acceptors (Lipinski definition) is 4. The average molecular weight is 242 g/mol. The van der Waals surface area contributed by atoms with E-state index in [0.29, 0.717) is 6.54 Å². The van der Waals surface area contributed by atoms with E-state index in [-0.39, 0.29) is 24.0 Å². The van der Waals surface area contributed by atoms with Gasteiger partial charge in [-0.2, -0.15) is 0 Å². The highest BCUT2D eigenvalue weighted by atomic mass is 16.2. The van der Waals surface area contributed by atoms with Crippen molar-refractivity contribution in [1.82, 2.24) is 15.5 Å². The van der Waals surface area contributed by atoms with Gasteiger partial charge in [-0.3, -0.25) is 15.0 Å². The molecule has 1 aliphatic heterocycles. The summed E-state index contributed by atoms with van der Waals surface area (Å²) in [5.41, 5.74) is 5.39. The van der Waals surface area contributed by atoms with Crippen LogP contribution in [0.4, 0.5) is 4.79 Å². The van der Waals surface area contributed by atoms with Crippen molar-refractivity contribution in [2.75, 3.05) is 19.6 Å². The normalized spacial score (nSPS) is 21.3. The van der Waals surface area contributed by atoms with Crippen molar-refractivity contribution in [3.63, 3.8) is 0 Å². The van der Waals surface area contributed by atoms with Crippen LogP contribution in [0, 0.1) is 0 Å². The van der Waals surface area contributed by atoms with Crippen LogP contribution in [0.3, 0.4) is 0 Å². The van der Waals surface area contributed by atoms with Gasteiger partial charge in [0.15, 0.2) is 0 Å². The predicted octanol–water partition coefficient (Wildman–Crippen LogP) is -0.356. The van der Waals surface area contributed by atoms with Crippen molar-refractivity contribution in [1.29, 1.82) is 0 Å². The summed E-state index contributed by atoms with van der Waals surface area (Å²) in [6.45, 7) is 7.33. The van der Waals surface area contributed by atoms with Crippen LogP contribution in [-0.4, -0.2) is 48.1 Å². The summed E-state index contributed by atoms with van der Waals surface area (Å²) in [5.74, 6) is -0.291. The Balaban J connectivity index is 2.27. The Kier molecular flexibility index (Phi) is 4.47. The molecule has 1 heterocycles. The first-order valence-corrected chi connectivity index (χ1v) is 5.86. The minimum Gasteiger partial charge on any atom is -0.333 e. The molecule has 0 aromatic heterocycles. The van der Waals surface area contributed by atoms with E-state index < -0.39 is 6.03 Å². The Morgan fingerprint density at radius 2 is 2.06 bits per heavy atom. The molecule has 1 aliphatic rings. The number of nitrogens with zero attached hydrogens (tertiary/aromatic N) is 1. The monoisotopic (exact) mass is 242 g/mol. The summed E-state index contributed by atoms with van der Waals surface area (Å²) in [7, 11) is 0. The molecule has 4 N–H and O–H groups in total. The molecule has 0 bridgehead atoms. The molecule has 0 spiro atoms. The van der Waals surface area contributed by atoms with E-state index in [9.17, 15) is 9.59 Å². The van der Waals surface area contributed by atoms with Gasteiger partial charge < -0.3 is 11.1 Å². The minimum absolute atomic E-state index is 0.145. The Morgan fingerprint density at radius 3 is 2.53 bits per heavy atom. The molecule has 0 aromatic rings. The summed E-state index contributed by atoms with van der Waals surface area (Å²) in [6, 6.07) is -0.308. The van der Waals surface area contributed by atoms with E-state index in [2.05, 4.69) is 10.6 Å². The highest BCUT2D eigenvalue weighted by molar-refractivity contribution is 5.95. The molecule has 98 valence electrons. The van der Waals surface area contributed by atoms with Gasteiger partial charge in [0.25, 0.3) is 0 Å². The van der Waals surface area contributed by atoms with Crippen LogP contribution < -0.4 is 16.4 Å². The van der Waals surface area contributed by atoms with Gasteiger partial charge in [0, 0.05) is 24.7 Å². The van der Waals surface area contributed by atoms with Gasteiger partial charge in [-0.05, 0) is 27.2 Å². The quantitative estimate of drug-likeness (QED) is 0.617. The number of carbonyl (C=O) groups is 2. The standard InChI is InChI=1S/C11H22N4O2/c1-11(2,3)14-10(17)13-9(16)7-15-5-4-8(12)6-15/h8H,4-7,12H2,1-3H3,(H2,13,14,16,17)/t8-/m1/s1. The van der Waals surface area contributed by atoms with Gasteiger partial charge >= 0.3 is 6.03 Å². The van der Waals surface area contributed by atoms with Crippen LogP contribution in [0.2, 0.25) is 0 Å². The third kappa shape index (κ3) is 5.65. The fourth-order valence-corrected chi connectivity index (χ4v) is 1.75. The molecule has 1 fully saturated rings. The lowest BCUT2D eigenvalue weighted by Crippen LogP contribution is -2.50. The molecule has 0 radical (unpaired) electrons. The molecule has 1 atom stereocenters. The van der Waals surface area contributed by atoms with E-state index in [1.165, 1.54) is 0 Å². The van der Waals surface area contributed by atoms with Crippen molar-refractivity contribution in [3.05, 3.63) is 0 Å². The number of carbonyl (C=O) groups excluding carboxylic acids is 2. The Morgan fingerprint density at radius 1 is 1.41 bits per heavy atom. The van der Waals surface area contributed by atoms with Crippen molar-refractivity contribution in [2.24, 2.45) is 5.73 Å². The van der Waals surface area contributed by atoms with Crippen molar-refractivity contribution >= 4 is 11.9 Å². The van der Waals surface area contributed by atoms with Crippen LogP contribution in [0.15, 0.2) is 0 Å². The first-order valence-electron chi connectivity index (χ1n) is 5.86. The first kappa shape index (κ1) is 13.9. The predicted molar refractivity (Wildman–Crippen MR) is 65.5 cm³/mol. The second-order valence-corrected chi connectivity index (χ2v) is 5.54. The number of rotatable bonds is 2. The summed E-state index contributed by atoms with van der Waals surface area (Å²) in [4.78, 5) is 24.9. The number of amides is 3. The maximum absolute atomic E-state index is 11.5. The number of nitrogens with two attached hydrogens (primary N) is 1. The maximum Gasteiger partial charge on any atom is 0.321 e. The third-order valence-electron chi connectivity index (χ3n) is 2.42. The van der Waals surface area contributed by atoms with E-state index in [1.54, 1.807) is 0 Å². The zero-order chi connectivity index (χ0) is 13.1. The van der Waals surface area contributed by atoms with Gasteiger partial charge in [0.05, 0.1) is 6.54 Å². The lowest BCUT2D eigenvalue weighted by molar-refractivity contribution is -0.120. The van der Waals surface area contributed by atoms with Crippen LogP contribution >= 0.6 is 0 Å². The van der Waals surface area contributed by atoms with E-state index in [4.69, 9.17) is 5.73 Å². The topological polar surface area (TPSA) is 87.5 Å². The van der Waals surface area contributed by atoms with Crippen LogP contribution in [0.5, 0.6) is 0 Å². The lowest BCUT2D eigenvalue weighted by Gasteiger charge is -2.21. The summed E-state index contributed by atoms with van der Waals surface area (Å²) in [5, 5.41) is 4.98. The van der Waals surface area contributed by atoms with E-state index >= 15 is 0 Å². The first-order chi connectivity index (χ1) is 7.76. The van der Waals surface area contributed by atoms with Gasteiger partial charge in [-0.1, -0.05) is 0 Å². The fraction of sp³-hybridized carbons (Fsp3) is 0.818. The molecule has 3 amide bonds. The minimum atomic E-state index is -0.453. The van der Waals surface area contributed by atoms with E-state index in [1.807, 2.05) is 25.7 Å². The Bertz CT molecular complexity index is 298. The smallest absolute Gasteiger partial charge is 0.321 e. The average Bonchev–Trinajstić information content (AvgIpc) is 2.46. The second-order valence-electron chi connectivity index (χ2n) is 5.54. The lowest BCUT2D eigenvalue weighted by atomic mass is 10.1. The number of hydrogen-bond donors (Lipinski definition) is 3. The molecule has 6 nitrogen and oxygen atoms in total. The fourth-order valence-electron chi connectivity index (χ4n) is 1.75. The molecular formula is C11H22N4O2. The number of likely N-dealkylation sites (tertiary alicyclic amines) is 1. The van der Waals surface area contributed by atoms with Gasteiger partial charge in [0.1, 0.15) is 0 Å². The van der Waals surface area contributed by atoms with Crippen LogP contribution in [0.25, 0.3) is 0 Å². The molecule has 0 aromatic carbocycles. The van der Waals surface area contributed by atoms with Crippen LogP contribution in [0.1, 0.15) is 27.2 Å². The molecule has 0 aliphatic carbocycles. The zero-order valence-corrected chi connectivity index (χ0v) is 10.7. The van der Waals surface area contributed by atoms with Crippen molar-refractivity contribution in [3.8, 4) is 0 Å².